The average molecular weight is 212 g/mol. The van der Waals surface area contributed by atoms with Gasteiger partial charge >= 0.3 is 0 Å². The van der Waals surface area contributed by atoms with Gasteiger partial charge in [0.25, 0.3) is 0 Å². The van der Waals surface area contributed by atoms with Gasteiger partial charge in [-0.3, -0.25) is 5.10 Å². The second-order valence-corrected chi connectivity index (χ2v) is 3.01. The van der Waals surface area contributed by atoms with Crippen LogP contribution in [0.5, 0.6) is 0 Å². The Kier molecular flexibility index (Phi) is 2.45. The van der Waals surface area contributed by atoms with E-state index in [-0.39, 0.29) is 11.7 Å². The molecule has 0 saturated carbocycles. The van der Waals surface area contributed by atoms with Crippen molar-refractivity contribution < 1.29 is 4.39 Å². The maximum absolute atomic E-state index is 12.6. The molecule has 2 aromatic rings. The van der Waals surface area contributed by atoms with Crippen LogP contribution >= 0.6 is 11.6 Å². The Balaban J connectivity index is 2.34. The number of rotatable bonds is 2. The summed E-state index contributed by atoms with van der Waals surface area (Å²) in [6, 6.07) is 5.98. The van der Waals surface area contributed by atoms with Crippen LogP contribution in [0.2, 0.25) is 0 Å². The lowest BCUT2D eigenvalue weighted by atomic mass is 10.2. The fraction of sp³-hybridized carbons (Fsp3) is 0.111. The number of nitrogens with zero attached hydrogens (tertiary/aromatic N) is 2. The Morgan fingerprint density at radius 2 is 2.00 bits per heavy atom. The van der Waals surface area contributed by atoms with Crippen molar-refractivity contribution >= 4 is 11.6 Å². The van der Waals surface area contributed by atoms with Crippen molar-refractivity contribution in [2.24, 2.45) is 0 Å². The zero-order chi connectivity index (χ0) is 9.97. The number of benzene rings is 1. The molecule has 0 fully saturated rings. The van der Waals surface area contributed by atoms with Crippen LogP contribution in [0, 0.1) is 5.82 Å². The van der Waals surface area contributed by atoms with E-state index >= 15 is 0 Å². The van der Waals surface area contributed by atoms with Gasteiger partial charge in [0.05, 0.1) is 5.88 Å². The molecule has 5 heteroatoms. The minimum Gasteiger partial charge on any atom is -0.262 e. The van der Waals surface area contributed by atoms with Gasteiger partial charge in [-0.25, -0.2) is 9.37 Å². The van der Waals surface area contributed by atoms with E-state index in [9.17, 15) is 4.39 Å². The summed E-state index contributed by atoms with van der Waals surface area (Å²) in [4.78, 5) is 4.11. The summed E-state index contributed by atoms with van der Waals surface area (Å²) in [7, 11) is 0. The number of halogens is 2. The summed E-state index contributed by atoms with van der Waals surface area (Å²) in [5, 5.41) is 6.63. The van der Waals surface area contributed by atoms with E-state index < -0.39 is 0 Å². The fourth-order valence-electron chi connectivity index (χ4n) is 1.08. The van der Waals surface area contributed by atoms with Gasteiger partial charge in [-0.05, 0) is 24.3 Å². The van der Waals surface area contributed by atoms with Gasteiger partial charge in [0.15, 0.2) is 5.82 Å². The molecule has 1 aromatic heterocycles. The summed E-state index contributed by atoms with van der Waals surface area (Å²) < 4.78 is 12.6. The normalized spacial score (nSPS) is 10.4. The third-order valence-electron chi connectivity index (χ3n) is 1.76. The van der Waals surface area contributed by atoms with E-state index in [1.807, 2.05) is 0 Å². The first kappa shape index (κ1) is 9.15. The van der Waals surface area contributed by atoms with Gasteiger partial charge in [0, 0.05) is 5.56 Å². The van der Waals surface area contributed by atoms with Crippen LogP contribution in [0.3, 0.4) is 0 Å². The van der Waals surface area contributed by atoms with Crippen LogP contribution in [0.4, 0.5) is 4.39 Å². The lowest BCUT2D eigenvalue weighted by Crippen LogP contribution is -1.82. The molecule has 0 unspecified atom stereocenters. The van der Waals surface area contributed by atoms with Crippen molar-refractivity contribution in [3.05, 3.63) is 35.9 Å². The molecule has 0 aliphatic rings. The van der Waals surface area contributed by atoms with Crippen LogP contribution in [-0.2, 0) is 5.88 Å². The molecular formula is C9H7ClFN3. The fourth-order valence-corrected chi connectivity index (χ4v) is 1.20. The predicted octanol–water partition coefficient (Wildman–Crippen LogP) is 2.35. The van der Waals surface area contributed by atoms with Gasteiger partial charge in [-0.2, -0.15) is 5.10 Å². The highest BCUT2D eigenvalue weighted by Gasteiger charge is 2.04. The summed E-state index contributed by atoms with van der Waals surface area (Å²) in [5.74, 6) is 1.14. The molecular weight excluding hydrogens is 205 g/mol. The maximum Gasteiger partial charge on any atom is 0.181 e. The lowest BCUT2D eigenvalue weighted by molar-refractivity contribution is 0.628. The maximum atomic E-state index is 12.6. The smallest absolute Gasteiger partial charge is 0.181 e. The molecule has 0 saturated heterocycles. The zero-order valence-electron chi connectivity index (χ0n) is 7.17. The number of hydrogen-bond donors (Lipinski definition) is 1. The van der Waals surface area contributed by atoms with Crippen molar-refractivity contribution in [1.82, 2.24) is 15.2 Å². The van der Waals surface area contributed by atoms with E-state index in [0.717, 1.165) is 5.56 Å². The Labute approximate surface area is 84.9 Å². The second kappa shape index (κ2) is 3.75. The number of H-pyrrole nitrogens is 1. The first-order valence-corrected chi connectivity index (χ1v) is 4.56. The Morgan fingerprint density at radius 1 is 1.29 bits per heavy atom. The monoisotopic (exact) mass is 211 g/mol. The van der Waals surface area contributed by atoms with Crippen molar-refractivity contribution in [1.29, 1.82) is 0 Å². The molecule has 14 heavy (non-hydrogen) atoms. The van der Waals surface area contributed by atoms with Crippen molar-refractivity contribution in [3.8, 4) is 11.4 Å². The van der Waals surface area contributed by atoms with E-state index in [0.29, 0.717) is 11.6 Å². The Hall–Kier alpha value is -1.42. The number of aromatic amines is 1. The molecule has 2 rings (SSSR count). The molecule has 3 nitrogen and oxygen atoms in total. The molecule has 0 aliphatic heterocycles. The van der Waals surface area contributed by atoms with Crippen LogP contribution in [0.15, 0.2) is 24.3 Å². The van der Waals surface area contributed by atoms with E-state index in [4.69, 9.17) is 11.6 Å². The number of alkyl halides is 1. The zero-order valence-corrected chi connectivity index (χ0v) is 7.92. The van der Waals surface area contributed by atoms with Gasteiger partial charge in [-0.15, -0.1) is 11.6 Å². The van der Waals surface area contributed by atoms with Crippen LogP contribution in [0.1, 0.15) is 5.82 Å². The topological polar surface area (TPSA) is 41.6 Å². The average Bonchev–Trinajstić information content (AvgIpc) is 2.67. The number of hydrogen-bond acceptors (Lipinski definition) is 2. The van der Waals surface area contributed by atoms with Crippen molar-refractivity contribution in [3.63, 3.8) is 0 Å². The van der Waals surface area contributed by atoms with Gasteiger partial charge < -0.3 is 0 Å². The SMILES string of the molecule is Fc1ccc(-c2n[nH]c(CCl)n2)cc1. The first-order valence-electron chi connectivity index (χ1n) is 4.03. The molecule has 0 spiro atoms. The largest absolute Gasteiger partial charge is 0.262 e. The highest BCUT2D eigenvalue weighted by Crippen LogP contribution is 2.15. The summed E-state index contributed by atoms with van der Waals surface area (Å²) in [6.07, 6.45) is 0. The molecule has 0 aliphatic carbocycles. The van der Waals surface area contributed by atoms with Gasteiger partial charge in [0.2, 0.25) is 0 Å². The lowest BCUT2D eigenvalue weighted by Gasteiger charge is -1.93. The third-order valence-corrected chi connectivity index (χ3v) is 2.01. The number of nitrogens with one attached hydrogen (secondary N) is 1. The minimum absolute atomic E-state index is 0.276. The minimum atomic E-state index is -0.276. The summed E-state index contributed by atoms with van der Waals surface area (Å²) in [6.45, 7) is 0. The molecule has 0 radical (unpaired) electrons. The standard InChI is InChI=1S/C9H7ClFN3/c10-5-8-12-9(14-13-8)6-1-3-7(11)4-2-6/h1-4H,5H2,(H,12,13,14). The highest BCUT2D eigenvalue weighted by atomic mass is 35.5. The first-order chi connectivity index (χ1) is 6.79. The van der Waals surface area contributed by atoms with E-state index in [2.05, 4.69) is 15.2 Å². The molecule has 1 heterocycles. The van der Waals surface area contributed by atoms with Crippen LogP contribution in [0.25, 0.3) is 11.4 Å². The second-order valence-electron chi connectivity index (χ2n) is 2.75. The van der Waals surface area contributed by atoms with Crippen LogP contribution in [-0.4, -0.2) is 15.2 Å². The van der Waals surface area contributed by atoms with E-state index in [1.165, 1.54) is 12.1 Å². The van der Waals surface area contributed by atoms with Crippen molar-refractivity contribution in [2.75, 3.05) is 0 Å². The van der Waals surface area contributed by atoms with Gasteiger partial charge in [0.1, 0.15) is 11.6 Å². The Bertz CT molecular complexity index is 424. The third kappa shape index (κ3) is 1.75. The van der Waals surface area contributed by atoms with E-state index in [1.54, 1.807) is 12.1 Å². The molecule has 0 atom stereocenters. The molecule has 0 amide bonds. The molecule has 1 N–H and O–H groups in total. The van der Waals surface area contributed by atoms with Gasteiger partial charge in [-0.1, -0.05) is 0 Å². The quantitative estimate of drug-likeness (QED) is 0.775. The number of aromatic nitrogens is 3. The molecule has 1 aromatic carbocycles. The highest BCUT2D eigenvalue weighted by molar-refractivity contribution is 6.16. The predicted molar refractivity (Wildman–Crippen MR) is 51.3 cm³/mol. The summed E-state index contributed by atoms with van der Waals surface area (Å²) >= 11 is 5.56. The van der Waals surface area contributed by atoms with Crippen LogP contribution < -0.4 is 0 Å². The molecule has 72 valence electrons. The van der Waals surface area contributed by atoms with Crippen molar-refractivity contribution in [2.45, 2.75) is 5.88 Å². The Morgan fingerprint density at radius 3 is 2.57 bits per heavy atom. The molecule has 0 bridgehead atoms. The summed E-state index contributed by atoms with van der Waals surface area (Å²) in [5.41, 5.74) is 0.763.